The molecule has 0 amide bonds. The van der Waals surface area contributed by atoms with Gasteiger partial charge in [-0.05, 0) is 51.8 Å². The molecule has 3 atom stereocenters. The molecule has 1 aromatic carbocycles. The van der Waals surface area contributed by atoms with E-state index < -0.39 is 19.0 Å². The van der Waals surface area contributed by atoms with Gasteiger partial charge in [0.1, 0.15) is 29.5 Å². The molecule has 38 heavy (non-hydrogen) atoms. The van der Waals surface area contributed by atoms with E-state index >= 15 is 0 Å². The summed E-state index contributed by atoms with van der Waals surface area (Å²) >= 11 is 0. The zero-order valence-electron chi connectivity index (χ0n) is 22.8. The number of carbonyl (C=O) groups is 1. The van der Waals surface area contributed by atoms with E-state index in [0.29, 0.717) is 29.9 Å². The second-order valence-electron chi connectivity index (χ2n) is 9.67. The van der Waals surface area contributed by atoms with E-state index in [0.717, 1.165) is 11.3 Å². The van der Waals surface area contributed by atoms with Crippen LogP contribution in [0.3, 0.4) is 0 Å². The van der Waals surface area contributed by atoms with E-state index in [4.69, 9.17) is 19.9 Å². The topological polar surface area (TPSA) is 156 Å². The minimum Gasteiger partial charge on any atom is -0.497 e. The van der Waals surface area contributed by atoms with E-state index in [2.05, 4.69) is 25.1 Å². The molecule has 0 saturated carbocycles. The van der Waals surface area contributed by atoms with Crippen molar-refractivity contribution in [2.45, 2.75) is 65.3 Å². The molecular weight excluding hydrogens is 509 g/mol. The molecule has 3 rings (SSSR count). The molecule has 0 fully saturated rings. The standard InChI is InChI=1S/C25H38N7O5P/c1-7-12-36-24(33)25(4,5)31-38(34,30-18(3)19-8-10-20(35-6)11-9-19)16-37-17(2)13-32-15-29-21-22(26)27-14-28-23(21)32/h8-11,14-15,17-18H,7,12-13,16H2,1-6H3,(H2,26,27,28)(H2,30,31,34)/t17?,18-,38?/m1/s1. The zero-order valence-corrected chi connectivity index (χ0v) is 23.7. The number of esters is 1. The molecule has 0 bridgehead atoms. The van der Waals surface area contributed by atoms with Crippen LogP contribution in [0, 0.1) is 0 Å². The highest BCUT2D eigenvalue weighted by atomic mass is 31.2. The van der Waals surface area contributed by atoms with Gasteiger partial charge in [0, 0.05) is 6.04 Å². The van der Waals surface area contributed by atoms with Gasteiger partial charge in [-0.1, -0.05) is 19.1 Å². The van der Waals surface area contributed by atoms with Crippen molar-refractivity contribution in [3.63, 3.8) is 0 Å². The van der Waals surface area contributed by atoms with Crippen molar-refractivity contribution in [1.29, 1.82) is 0 Å². The lowest BCUT2D eigenvalue weighted by Crippen LogP contribution is -2.49. The van der Waals surface area contributed by atoms with Gasteiger partial charge in [-0.2, -0.15) is 0 Å². The number of nitrogens with one attached hydrogen (secondary N) is 2. The Hall–Kier alpha value is -3.05. The van der Waals surface area contributed by atoms with Crippen LogP contribution in [-0.4, -0.2) is 57.2 Å². The maximum atomic E-state index is 14.2. The van der Waals surface area contributed by atoms with Crippen LogP contribution in [0.5, 0.6) is 5.75 Å². The summed E-state index contributed by atoms with van der Waals surface area (Å²) in [6, 6.07) is 7.13. The lowest BCUT2D eigenvalue weighted by atomic mass is 10.1. The number of imidazole rings is 1. The highest BCUT2D eigenvalue weighted by Crippen LogP contribution is 2.42. The van der Waals surface area contributed by atoms with Crippen molar-refractivity contribution in [3.05, 3.63) is 42.5 Å². The number of hydrogen-bond acceptors (Lipinski definition) is 9. The molecule has 0 radical (unpaired) electrons. The second-order valence-corrected chi connectivity index (χ2v) is 11.9. The van der Waals surface area contributed by atoms with Crippen LogP contribution in [0.15, 0.2) is 36.9 Å². The fraction of sp³-hybridized carbons (Fsp3) is 0.520. The van der Waals surface area contributed by atoms with Crippen LogP contribution >= 0.6 is 7.44 Å². The van der Waals surface area contributed by atoms with Crippen molar-refractivity contribution >= 4 is 30.4 Å². The first kappa shape index (κ1) is 29.5. The van der Waals surface area contributed by atoms with Crippen LogP contribution < -0.4 is 20.6 Å². The molecule has 12 nitrogen and oxygen atoms in total. The normalized spacial score (nSPS) is 15.1. The number of benzene rings is 1. The summed E-state index contributed by atoms with van der Waals surface area (Å²) in [6.45, 7) is 9.62. The van der Waals surface area contributed by atoms with Gasteiger partial charge in [0.05, 0.1) is 32.7 Å². The van der Waals surface area contributed by atoms with Gasteiger partial charge in [-0.15, -0.1) is 0 Å². The van der Waals surface area contributed by atoms with Crippen molar-refractivity contribution in [3.8, 4) is 5.75 Å². The molecule has 0 aliphatic heterocycles. The van der Waals surface area contributed by atoms with Crippen molar-refractivity contribution < 1.29 is 23.6 Å². The summed E-state index contributed by atoms with van der Waals surface area (Å²) in [5.74, 6) is 0.525. The first-order valence-corrected chi connectivity index (χ1v) is 14.4. The number of aromatic nitrogens is 4. The number of hydrogen-bond donors (Lipinski definition) is 3. The lowest BCUT2D eigenvalue weighted by molar-refractivity contribution is -0.149. The second kappa shape index (κ2) is 12.7. The first-order chi connectivity index (χ1) is 18.0. The van der Waals surface area contributed by atoms with E-state index in [1.807, 2.05) is 45.0 Å². The molecule has 13 heteroatoms. The Morgan fingerprint density at radius 1 is 1.18 bits per heavy atom. The van der Waals surface area contributed by atoms with Gasteiger partial charge in [-0.3, -0.25) is 9.36 Å². The highest BCUT2D eigenvalue weighted by Gasteiger charge is 2.38. The molecule has 2 unspecified atom stereocenters. The fourth-order valence-electron chi connectivity index (χ4n) is 3.85. The fourth-order valence-corrected chi connectivity index (χ4v) is 6.29. The third-order valence-electron chi connectivity index (χ3n) is 5.85. The number of fused-ring (bicyclic) bond motifs is 1. The largest absolute Gasteiger partial charge is 0.497 e. The first-order valence-electron chi connectivity index (χ1n) is 12.5. The highest BCUT2D eigenvalue weighted by molar-refractivity contribution is 7.59. The number of ether oxygens (including phenoxy) is 3. The minimum absolute atomic E-state index is 0.178. The van der Waals surface area contributed by atoms with Crippen LogP contribution in [-0.2, 0) is 25.4 Å². The van der Waals surface area contributed by atoms with E-state index in [-0.39, 0.29) is 25.1 Å². The van der Waals surface area contributed by atoms with Gasteiger partial charge in [0.25, 0.3) is 0 Å². The Balaban J connectivity index is 1.76. The lowest BCUT2D eigenvalue weighted by Gasteiger charge is -2.33. The third kappa shape index (κ3) is 7.50. The Kier molecular flexibility index (Phi) is 9.83. The number of nitrogens with two attached hydrogens (primary N) is 1. The number of methoxy groups -OCH3 is 1. The molecule has 2 aromatic heterocycles. The number of nitrogen functional groups attached to an aromatic ring is 1. The maximum absolute atomic E-state index is 14.2. The molecule has 3 aromatic rings. The molecule has 0 aliphatic carbocycles. The summed E-state index contributed by atoms with van der Waals surface area (Å²) in [5, 5.41) is 6.20. The summed E-state index contributed by atoms with van der Waals surface area (Å²) in [7, 11) is -1.89. The average molecular weight is 548 g/mol. The molecule has 208 valence electrons. The summed E-state index contributed by atoms with van der Waals surface area (Å²) < 4.78 is 32.7. The Morgan fingerprint density at radius 3 is 2.55 bits per heavy atom. The number of rotatable bonds is 14. The monoisotopic (exact) mass is 547 g/mol. The SMILES string of the molecule is CCCOC(=O)C(C)(C)NP(=O)(COC(C)Cn1cnc2c(N)ncnc21)N[C@H](C)c1ccc(OC)cc1. The third-order valence-corrected chi connectivity index (χ3v) is 8.09. The summed E-state index contributed by atoms with van der Waals surface area (Å²) in [6.07, 6.45) is 3.13. The maximum Gasteiger partial charge on any atom is 0.326 e. The average Bonchev–Trinajstić information content (AvgIpc) is 3.29. The molecule has 0 aliphatic rings. The van der Waals surface area contributed by atoms with Crippen LogP contribution in [0.25, 0.3) is 11.2 Å². The van der Waals surface area contributed by atoms with Gasteiger partial charge < -0.3 is 24.5 Å². The van der Waals surface area contributed by atoms with Crippen molar-refractivity contribution in [2.24, 2.45) is 0 Å². The van der Waals surface area contributed by atoms with Gasteiger partial charge in [0.2, 0.25) is 7.44 Å². The van der Waals surface area contributed by atoms with Crippen molar-refractivity contribution in [2.75, 3.05) is 25.8 Å². The summed E-state index contributed by atoms with van der Waals surface area (Å²) in [5.41, 5.74) is 6.65. The predicted molar refractivity (Wildman–Crippen MR) is 146 cm³/mol. The quantitative estimate of drug-likeness (QED) is 0.200. The number of nitrogens with zero attached hydrogens (tertiary/aromatic N) is 4. The number of anilines is 1. The number of carbonyl (C=O) groups excluding carboxylic acids is 1. The molecule has 4 N–H and O–H groups in total. The van der Waals surface area contributed by atoms with Crippen molar-refractivity contribution in [1.82, 2.24) is 29.7 Å². The summed E-state index contributed by atoms with van der Waals surface area (Å²) in [4.78, 5) is 25.2. The Labute approximate surface area is 223 Å². The molecule has 2 heterocycles. The van der Waals surface area contributed by atoms with Crippen LogP contribution in [0.1, 0.15) is 52.6 Å². The van der Waals surface area contributed by atoms with Gasteiger partial charge in [-0.25, -0.2) is 25.1 Å². The Bertz CT molecular complexity index is 1260. The van der Waals surface area contributed by atoms with Gasteiger partial charge >= 0.3 is 5.97 Å². The molecule has 0 spiro atoms. The Morgan fingerprint density at radius 2 is 1.89 bits per heavy atom. The van der Waals surface area contributed by atoms with E-state index in [1.165, 1.54) is 6.33 Å². The van der Waals surface area contributed by atoms with Gasteiger partial charge in [0.15, 0.2) is 11.5 Å². The van der Waals surface area contributed by atoms with E-state index in [1.54, 1.807) is 31.9 Å². The molecule has 0 saturated heterocycles. The van der Waals surface area contributed by atoms with Crippen LogP contribution in [0.2, 0.25) is 0 Å². The smallest absolute Gasteiger partial charge is 0.326 e. The van der Waals surface area contributed by atoms with Crippen LogP contribution in [0.4, 0.5) is 5.82 Å². The molecular formula is C25H38N7O5P. The predicted octanol–water partition coefficient (Wildman–Crippen LogP) is 3.65. The zero-order chi connectivity index (χ0) is 27.9. The minimum atomic E-state index is -3.49. The van der Waals surface area contributed by atoms with E-state index in [9.17, 15) is 9.36 Å².